The Balaban J connectivity index is 1.09. The van der Waals surface area contributed by atoms with Crippen molar-refractivity contribution in [3.05, 3.63) is 59.7 Å². The summed E-state index contributed by atoms with van der Waals surface area (Å²) in [5.74, 6) is -1.72. The first-order chi connectivity index (χ1) is 17.0. The number of hydrogen-bond donors (Lipinski definition) is 2. The molecule has 2 amide bonds. The number of aliphatic carboxylic acids is 1. The molecule has 35 heavy (non-hydrogen) atoms. The number of carbonyl (C=O) groups is 3. The van der Waals surface area contributed by atoms with Crippen LogP contribution in [0.25, 0.3) is 11.1 Å². The molecule has 3 atom stereocenters. The summed E-state index contributed by atoms with van der Waals surface area (Å²) in [6, 6.07) is 16.4. The Morgan fingerprint density at radius 2 is 1.71 bits per heavy atom. The van der Waals surface area contributed by atoms with E-state index in [1.807, 2.05) is 24.3 Å². The lowest BCUT2D eigenvalue weighted by atomic mass is 9.96. The number of likely N-dealkylation sites (tertiary alicyclic amines) is 1. The molecule has 0 bridgehead atoms. The van der Waals surface area contributed by atoms with Gasteiger partial charge in [0.1, 0.15) is 6.61 Å². The lowest BCUT2D eigenvalue weighted by molar-refractivity contribution is -0.146. The van der Waals surface area contributed by atoms with Gasteiger partial charge >= 0.3 is 12.1 Å². The minimum atomic E-state index is -0.852. The van der Waals surface area contributed by atoms with Crippen LogP contribution in [0.15, 0.2) is 48.5 Å². The maximum Gasteiger partial charge on any atom is 0.407 e. The number of ether oxygens (including phenoxy) is 2. The van der Waals surface area contributed by atoms with E-state index in [4.69, 9.17) is 9.47 Å². The van der Waals surface area contributed by atoms with Crippen molar-refractivity contribution in [1.29, 1.82) is 0 Å². The van der Waals surface area contributed by atoms with Gasteiger partial charge in [-0.3, -0.25) is 9.59 Å². The van der Waals surface area contributed by atoms with Crippen molar-refractivity contribution >= 4 is 18.0 Å². The number of alkyl carbamates (subject to hydrolysis) is 1. The van der Waals surface area contributed by atoms with Gasteiger partial charge < -0.3 is 24.8 Å². The van der Waals surface area contributed by atoms with E-state index < -0.39 is 18.0 Å². The molecule has 2 N–H and O–H groups in total. The molecule has 5 rings (SSSR count). The van der Waals surface area contributed by atoms with Crippen molar-refractivity contribution in [2.24, 2.45) is 11.8 Å². The lowest BCUT2D eigenvalue weighted by Crippen LogP contribution is -2.45. The zero-order chi connectivity index (χ0) is 24.4. The third-order valence-corrected chi connectivity index (χ3v) is 7.33. The predicted molar refractivity (Wildman–Crippen MR) is 128 cm³/mol. The van der Waals surface area contributed by atoms with E-state index in [0.29, 0.717) is 25.8 Å². The van der Waals surface area contributed by atoms with E-state index in [-0.39, 0.29) is 50.2 Å². The highest BCUT2D eigenvalue weighted by Gasteiger charge is 2.36. The van der Waals surface area contributed by atoms with Gasteiger partial charge in [-0.25, -0.2) is 4.79 Å². The topological polar surface area (TPSA) is 105 Å². The standard InChI is InChI=1S/C27H30N2O6/c30-25(29-11-5-6-17(14-29)26(31)32)18-12-19(34-15-18)13-28-27(33)35-16-24-22-9-3-1-7-20(22)21-8-2-4-10-23(21)24/h1-4,7-10,17-19,24H,5-6,11-16H2,(H,28,33)(H,31,32)/t17?,18-,19-/m0/s1. The van der Waals surface area contributed by atoms with Gasteiger partial charge in [-0.05, 0) is 41.5 Å². The number of nitrogens with one attached hydrogen (secondary N) is 1. The van der Waals surface area contributed by atoms with Gasteiger partial charge in [-0.15, -0.1) is 0 Å². The second-order valence-corrected chi connectivity index (χ2v) is 9.56. The molecule has 2 saturated heterocycles. The van der Waals surface area contributed by atoms with Crippen LogP contribution in [-0.2, 0) is 19.1 Å². The molecule has 2 aromatic carbocycles. The van der Waals surface area contributed by atoms with E-state index in [1.165, 1.54) is 11.1 Å². The predicted octanol–water partition coefficient (Wildman–Crippen LogP) is 3.25. The van der Waals surface area contributed by atoms with Gasteiger partial charge in [0, 0.05) is 25.6 Å². The second kappa shape index (κ2) is 10.1. The first-order valence-corrected chi connectivity index (χ1v) is 12.2. The molecule has 8 nitrogen and oxygen atoms in total. The van der Waals surface area contributed by atoms with Crippen LogP contribution in [0, 0.1) is 11.8 Å². The van der Waals surface area contributed by atoms with Gasteiger partial charge in [-0.1, -0.05) is 48.5 Å². The molecule has 8 heteroatoms. The quantitative estimate of drug-likeness (QED) is 0.660. The van der Waals surface area contributed by atoms with Gasteiger partial charge in [0.05, 0.1) is 24.5 Å². The summed E-state index contributed by atoms with van der Waals surface area (Å²) in [6.45, 7) is 1.63. The van der Waals surface area contributed by atoms with E-state index in [9.17, 15) is 19.5 Å². The maximum absolute atomic E-state index is 12.8. The van der Waals surface area contributed by atoms with Gasteiger partial charge in [0.15, 0.2) is 0 Å². The van der Waals surface area contributed by atoms with Crippen molar-refractivity contribution in [3.8, 4) is 11.1 Å². The number of hydrogen-bond acceptors (Lipinski definition) is 5. The first-order valence-electron chi connectivity index (χ1n) is 12.2. The molecule has 1 unspecified atom stereocenters. The number of carboxylic acid groups (broad SMARTS) is 1. The third-order valence-electron chi connectivity index (χ3n) is 7.33. The smallest absolute Gasteiger partial charge is 0.407 e. The van der Waals surface area contributed by atoms with Crippen LogP contribution in [0.5, 0.6) is 0 Å². The minimum Gasteiger partial charge on any atom is -0.481 e. The summed E-state index contributed by atoms with van der Waals surface area (Å²) >= 11 is 0. The zero-order valence-corrected chi connectivity index (χ0v) is 19.5. The molecule has 2 fully saturated rings. The van der Waals surface area contributed by atoms with E-state index in [2.05, 4.69) is 29.6 Å². The molecule has 184 valence electrons. The number of nitrogens with zero attached hydrogens (tertiary/aromatic N) is 1. The van der Waals surface area contributed by atoms with Gasteiger partial charge in [0.25, 0.3) is 0 Å². The van der Waals surface area contributed by atoms with Gasteiger partial charge in [0.2, 0.25) is 5.91 Å². The summed E-state index contributed by atoms with van der Waals surface area (Å²) in [4.78, 5) is 38.2. The van der Waals surface area contributed by atoms with Crippen LogP contribution in [-0.4, -0.2) is 66.9 Å². The third kappa shape index (κ3) is 4.89. The van der Waals surface area contributed by atoms with E-state index in [0.717, 1.165) is 11.1 Å². The normalized spacial score (nSPS) is 23.4. The Labute approximate surface area is 204 Å². The fourth-order valence-corrected chi connectivity index (χ4v) is 5.50. The summed E-state index contributed by atoms with van der Waals surface area (Å²) in [5, 5.41) is 12.0. The monoisotopic (exact) mass is 478 g/mol. The molecule has 0 spiro atoms. The fraction of sp³-hybridized carbons (Fsp3) is 0.444. The van der Waals surface area contributed by atoms with Crippen LogP contribution in [0.1, 0.15) is 36.3 Å². The molecular weight excluding hydrogens is 448 g/mol. The molecule has 0 aromatic heterocycles. The molecule has 0 saturated carbocycles. The molecule has 0 radical (unpaired) electrons. The minimum absolute atomic E-state index is 0.00273. The zero-order valence-electron chi connectivity index (χ0n) is 19.5. The summed E-state index contributed by atoms with van der Waals surface area (Å²) in [7, 11) is 0. The van der Waals surface area contributed by atoms with Crippen LogP contribution < -0.4 is 5.32 Å². The lowest BCUT2D eigenvalue weighted by Gasteiger charge is -2.32. The Kier molecular flexibility index (Phi) is 6.72. The Morgan fingerprint density at radius 1 is 1.03 bits per heavy atom. The highest BCUT2D eigenvalue weighted by Crippen LogP contribution is 2.44. The number of fused-ring (bicyclic) bond motifs is 3. The van der Waals surface area contributed by atoms with Crippen molar-refractivity contribution in [2.75, 3.05) is 32.8 Å². The molecule has 2 aliphatic heterocycles. The van der Waals surface area contributed by atoms with Crippen LogP contribution in [0.2, 0.25) is 0 Å². The Morgan fingerprint density at radius 3 is 2.40 bits per heavy atom. The first kappa shape index (κ1) is 23.4. The highest BCUT2D eigenvalue weighted by atomic mass is 16.5. The van der Waals surface area contributed by atoms with E-state index in [1.54, 1.807) is 4.90 Å². The second-order valence-electron chi connectivity index (χ2n) is 9.56. The van der Waals surface area contributed by atoms with Crippen LogP contribution in [0.3, 0.4) is 0 Å². The van der Waals surface area contributed by atoms with Gasteiger partial charge in [-0.2, -0.15) is 0 Å². The fourth-order valence-electron chi connectivity index (χ4n) is 5.50. The number of piperidine rings is 1. The van der Waals surface area contributed by atoms with Crippen molar-refractivity contribution in [2.45, 2.75) is 31.3 Å². The largest absolute Gasteiger partial charge is 0.481 e. The van der Waals surface area contributed by atoms with Crippen LogP contribution >= 0.6 is 0 Å². The average molecular weight is 479 g/mol. The summed E-state index contributed by atoms with van der Waals surface area (Å²) in [5.41, 5.74) is 4.67. The summed E-state index contributed by atoms with van der Waals surface area (Å²) < 4.78 is 11.3. The Hall–Kier alpha value is -3.39. The Bertz CT molecular complexity index is 1070. The molecule has 3 aliphatic rings. The summed E-state index contributed by atoms with van der Waals surface area (Å²) in [6.07, 6.45) is 1.02. The maximum atomic E-state index is 12.8. The van der Waals surface area contributed by atoms with Crippen molar-refractivity contribution in [1.82, 2.24) is 10.2 Å². The molecule has 2 aromatic rings. The highest BCUT2D eigenvalue weighted by molar-refractivity contribution is 5.81. The number of carboxylic acids is 1. The number of amides is 2. The number of benzene rings is 2. The number of rotatable bonds is 6. The van der Waals surface area contributed by atoms with Crippen molar-refractivity contribution in [3.63, 3.8) is 0 Å². The van der Waals surface area contributed by atoms with Crippen LogP contribution in [0.4, 0.5) is 4.79 Å². The van der Waals surface area contributed by atoms with Crippen molar-refractivity contribution < 1.29 is 29.0 Å². The van der Waals surface area contributed by atoms with E-state index >= 15 is 0 Å². The average Bonchev–Trinajstić information content (AvgIpc) is 3.49. The SMILES string of the molecule is O=C(NC[C@@H]1C[C@H](C(=O)N2CCCC(C(=O)O)C2)CO1)OCC1c2ccccc2-c2ccccc21. The molecule has 1 aliphatic carbocycles. The number of carbonyl (C=O) groups excluding carboxylic acids is 2. The molecular formula is C27H30N2O6. The molecule has 2 heterocycles.